The minimum Gasteiger partial charge on any atom is -0.508 e. The second kappa shape index (κ2) is 8.03. The number of aliphatic hydroxyl groups is 1. The number of aromatic hydroxyl groups is 1. The second-order valence-electron chi connectivity index (χ2n) is 8.71. The van der Waals surface area contributed by atoms with Gasteiger partial charge in [-0.2, -0.15) is 0 Å². The molecule has 1 fully saturated rings. The normalized spacial score (nSPS) is 17.5. The van der Waals surface area contributed by atoms with Gasteiger partial charge < -0.3 is 10.2 Å². The molecule has 0 saturated carbocycles. The van der Waals surface area contributed by atoms with Crippen LogP contribution < -0.4 is 4.90 Å². The Morgan fingerprint density at radius 3 is 2.64 bits per heavy atom. The minimum atomic E-state index is -0.993. The van der Waals surface area contributed by atoms with E-state index in [9.17, 15) is 19.8 Å². The summed E-state index contributed by atoms with van der Waals surface area (Å²) >= 11 is 1.29. The molecule has 1 atom stereocenters. The van der Waals surface area contributed by atoms with Gasteiger partial charge in [0.1, 0.15) is 17.1 Å². The molecule has 9 heteroatoms. The SMILES string of the molecule is Cc1ccc2nc(N3C(=O)C(=O)C(=C(O)c4c(C)nc5ccccn45)C3c3cccc(O)c3)sc2c1. The lowest BCUT2D eigenvalue weighted by Gasteiger charge is -2.23. The number of aryl methyl sites for hydroxylation is 2. The number of Topliss-reactive ketones (excluding diaryl/α,β-unsaturated/α-hetero) is 1. The van der Waals surface area contributed by atoms with Crippen LogP contribution in [0.1, 0.15) is 28.6 Å². The summed E-state index contributed by atoms with van der Waals surface area (Å²) in [6.45, 7) is 3.70. The van der Waals surface area contributed by atoms with Gasteiger partial charge in [0, 0.05) is 6.20 Å². The molecule has 1 saturated heterocycles. The zero-order chi connectivity index (χ0) is 25.1. The highest BCUT2D eigenvalue weighted by Crippen LogP contribution is 2.45. The summed E-state index contributed by atoms with van der Waals surface area (Å²) in [5.41, 5.74) is 3.57. The van der Waals surface area contributed by atoms with Crippen LogP contribution >= 0.6 is 11.3 Å². The van der Waals surface area contributed by atoms with E-state index in [1.165, 1.54) is 28.4 Å². The highest BCUT2D eigenvalue weighted by molar-refractivity contribution is 7.22. The Morgan fingerprint density at radius 2 is 1.83 bits per heavy atom. The van der Waals surface area contributed by atoms with Crippen molar-refractivity contribution in [1.29, 1.82) is 0 Å². The van der Waals surface area contributed by atoms with Gasteiger partial charge >= 0.3 is 5.91 Å². The molecule has 0 bridgehead atoms. The number of carbonyl (C=O) groups is 2. The number of pyridine rings is 1. The van der Waals surface area contributed by atoms with Crippen LogP contribution in [0.2, 0.25) is 0 Å². The fraction of sp³-hybridized carbons (Fsp3) is 0.111. The van der Waals surface area contributed by atoms with Crippen molar-refractivity contribution in [2.45, 2.75) is 19.9 Å². The van der Waals surface area contributed by atoms with Crippen molar-refractivity contribution in [2.75, 3.05) is 4.90 Å². The lowest BCUT2D eigenvalue weighted by molar-refractivity contribution is -0.132. The Morgan fingerprint density at radius 1 is 1.00 bits per heavy atom. The third-order valence-electron chi connectivity index (χ3n) is 6.30. The monoisotopic (exact) mass is 496 g/mol. The van der Waals surface area contributed by atoms with Crippen LogP contribution in [0, 0.1) is 13.8 Å². The van der Waals surface area contributed by atoms with Crippen molar-refractivity contribution < 1.29 is 19.8 Å². The molecule has 4 heterocycles. The molecule has 36 heavy (non-hydrogen) atoms. The maximum absolute atomic E-state index is 13.5. The van der Waals surface area contributed by atoms with Crippen LogP contribution in [0.4, 0.5) is 5.13 Å². The number of nitrogens with zero attached hydrogens (tertiary/aromatic N) is 4. The molecular formula is C27H20N4O4S. The van der Waals surface area contributed by atoms with Crippen LogP contribution in [-0.4, -0.2) is 36.3 Å². The van der Waals surface area contributed by atoms with Gasteiger partial charge in [0.2, 0.25) is 0 Å². The average molecular weight is 497 g/mol. The lowest BCUT2D eigenvalue weighted by atomic mass is 9.96. The molecular weight excluding hydrogens is 476 g/mol. The summed E-state index contributed by atoms with van der Waals surface area (Å²) in [5, 5.41) is 22.1. The number of fused-ring (bicyclic) bond motifs is 2. The number of benzene rings is 2. The van der Waals surface area contributed by atoms with E-state index in [1.54, 1.807) is 41.8 Å². The molecule has 6 rings (SSSR count). The zero-order valence-corrected chi connectivity index (χ0v) is 20.2. The Balaban J connectivity index is 1.62. The van der Waals surface area contributed by atoms with E-state index >= 15 is 0 Å². The van der Waals surface area contributed by atoms with Crippen molar-refractivity contribution >= 4 is 49.8 Å². The number of aliphatic hydroxyl groups excluding tert-OH is 1. The Bertz CT molecular complexity index is 1750. The molecule has 178 valence electrons. The predicted molar refractivity (Wildman–Crippen MR) is 137 cm³/mol. The van der Waals surface area contributed by atoms with E-state index in [0.29, 0.717) is 33.2 Å². The fourth-order valence-electron chi connectivity index (χ4n) is 4.69. The first kappa shape index (κ1) is 22.0. The van der Waals surface area contributed by atoms with Crippen molar-refractivity contribution in [3.8, 4) is 5.75 Å². The van der Waals surface area contributed by atoms with E-state index in [0.717, 1.165) is 10.3 Å². The molecule has 1 unspecified atom stereocenters. The van der Waals surface area contributed by atoms with E-state index in [-0.39, 0.29) is 17.1 Å². The molecule has 0 spiro atoms. The topological polar surface area (TPSA) is 108 Å². The Kier molecular flexibility index (Phi) is 4.90. The van der Waals surface area contributed by atoms with E-state index in [4.69, 9.17) is 0 Å². The molecule has 8 nitrogen and oxygen atoms in total. The quantitative estimate of drug-likeness (QED) is 0.209. The number of thiazole rings is 1. The van der Waals surface area contributed by atoms with Gasteiger partial charge in [-0.05, 0) is 61.4 Å². The van der Waals surface area contributed by atoms with E-state index < -0.39 is 17.7 Å². The smallest absolute Gasteiger partial charge is 0.301 e. The number of anilines is 1. The Labute approximate surface area is 209 Å². The van der Waals surface area contributed by atoms with Gasteiger partial charge in [-0.15, -0.1) is 0 Å². The summed E-state index contributed by atoms with van der Waals surface area (Å²) in [6, 6.07) is 16.5. The number of carbonyl (C=O) groups excluding carboxylic acids is 2. The number of phenols is 1. The van der Waals surface area contributed by atoms with Gasteiger partial charge in [-0.25, -0.2) is 9.97 Å². The summed E-state index contributed by atoms with van der Waals surface area (Å²) in [7, 11) is 0. The van der Waals surface area contributed by atoms with Crippen molar-refractivity contribution in [2.24, 2.45) is 0 Å². The number of rotatable bonds is 3. The predicted octanol–water partition coefficient (Wildman–Crippen LogP) is 4.89. The number of hydrogen-bond acceptors (Lipinski definition) is 7. The highest BCUT2D eigenvalue weighted by atomic mass is 32.1. The summed E-state index contributed by atoms with van der Waals surface area (Å²) < 4.78 is 2.55. The molecule has 2 aromatic carbocycles. The first-order chi connectivity index (χ1) is 17.3. The molecule has 1 aliphatic heterocycles. The third kappa shape index (κ3) is 3.28. The summed E-state index contributed by atoms with van der Waals surface area (Å²) in [5.74, 6) is -1.99. The molecule has 0 radical (unpaired) electrons. The molecule has 0 aliphatic carbocycles. The molecule has 1 aliphatic rings. The van der Waals surface area contributed by atoms with Crippen molar-refractivity contribution in [3.63, 3.8) is 0 Å². The van der Waals surface area contributed by atoms with Crippen LogP contribution in [0.3, 0.4) is 0 Å². The fourth-order valence-corrected chi connectivity index (χ4v) is 5.78. The van der Waals surface area contributed by atoms with Gasteiger partial charge in [-0.3, -0.25) is 18.9 Å². The molecule has 2 N–H and O–H groups in total. The Hall–Kier alpha value is -4.50. The van der Waals surface area contributed by atoms with E-state index in [1.807, 2.05) is 31.2 Å². The zero-order valence-electron chi connectivity index (χ0n) is 19.3. The van der Waals surface area contributed by atoms with Crippen LogP contribution in [0.5, 0.6) is 5.75 Å². The third-order valence-corrected chi connectivity index (χ3v) is 7.32. The number of imidazole rings is 1. The standard InChI is InChI=1S/C27H20N4O4S/c1-14-9-10-18-19(12-14)36-27(29-18)31-23(16-6-5-7-17(32)13-16)21(25(34)26(31)35)24(33)22-15(2)28-20-8-3-4-11-30(20)22/h3-13,23,32-33H,1-2H3. The van der Waals surface area contributed by atoms with Crippen LogP contribution in [0.25, 0.3) is 21.6 Å². The molecule has 3 aromatic heterocycles. The number of hydrogen-bond donors (Lipinski definition) is 2. The first-order valence-corrected chi connectivity index (χ1v) is 12.1. The van der Waals surface area contributed by atoms with Gasteiger partial charge in [0.15, 0.2) is 10.9 Å². The van der Waals surface area contributed by atoms with Crippen LogP contribution in [-0.2, 0) is 9.59 Å². The first-order valence-electron chi connectivity index (χ1n) is 11.2. The van der Waals surface area contributed by atoms with Crippen LogP contribution in [0.15, 0.2) is 72.4 Å². The van der Waals surface area contributed by atoms with Crippen molar-refractivity contribution in [1.82, 2.24) is 14.4 Å². The largest absolute Gasteiger partial charge is 0.508 e. The number of amides is 1. The van der Waals surface area contributed by atoms with Gasteiger partial charge in [0.25, 0.3) is 5.78 Å². The van der Waals surface area contributed by atoms with E-state index in [2.05, 4.69) is 9.97 Å². The lowest BCUT2D eigenvalue weighted by Crippen LogP contribution is -2.29. The number of aromatic nitrogens is 3. The van der Waals surface area contributed by atoms with Gasteiger partial charge in [-0.1, -0.05) is 35.6 Å². The maximum atomic E-state index is 13.5. The van der Waals surface area contributed by atoms with Gasteiger partial charge in [0.05, 0.1) is 27.5 Å². The maximum Gasteiger partial charge on any atom is 0.301 e. The second-order valence-corrected chi connectivity index (χ2v) is 9.72. The summed E-state index contributed by atoms with van der Waals surface area (Å²) in [6.07, 6.45) is 1.74. The number of phenolic OH excluding ortho intramolecular Hbond substituents is 1. The minimum absolute atomic E-state index is 0.0241. The summed E-state index contributed by atoms with van der Waals surface area (Å²) in [4.78, 5) is 37.4. The molecule has 1 amide bonds. The number of ketones is 1. The van der Waals surface area contributed by atoms with Crippen molar-refractivity contribution in [3.05, 3.63) is 94.9 Å². The highest BCUT2D eigenvalue weighted by Gasteiger charge is 2.48. The average Bonchev–Trinajstić information content (AvgIpc) is 3.49. The molecule has 5 aromatic rings.